The first kappa shape index (κ1) is 10.7. The van der Waals surface area contributed by atoms with Crippen molar-refractivity contribution in [3.8, 4) is 0 Å². The van der Waals surface area contributed by atoms with Gasteiger partial charge in [-0.2, -0.15) is 0 Å². The van der Waals surface area contributed by atoms with Gasteiger partial charge in [0.2, 0.25) is 0 Å². The summed E-state index contributed by atoms with van der Waals surface area (Å²) in [6.07, 6.45) is 0.244. The van der Waals surface area contributed by atoms with Gasteiger partial charge in [0.1, 0.15) is 0 Å². The second kappa shape index (κ2) is 5.37. The first-order chi connectivity index (χ1) is 6.24. The average molecular weight is 244 g/mol. The van der Waals surface area contributed by atoms with Crippen LogP contribution in [0.2, 0.25) is 0 Å². The van der Waals surface area contributed by atoms with Crippen molar-refractivity contribution in [3.05, 3.63) is 35.9 Å². The third-order valence-corrected chi connectivity index (χ3v) is 2.63. The lowest BCUT2D eigenvalue weighted by Gasteiger charge is -2.16. The molecule has 0 amide bonds. The fourth-order valence-electron chi connectivity index (χ4n) is 1.14. The highest BCUT2D eigenvalue weighted by atomic mass is 79.9. The van der Waals surface area contributed by atoms with Crippen LogP contribution in [-0.4, -0.2) is 22.6 Å². The first-order valence-electron chi connectivity index (χ1n) is 4.27. The molecule has 0 aromatic heterocycles. The van der Waals surface area contributed by atoms with Gasteiger partial charge in [-0.3, -0.25) is 0 Å². The van der Waals surface area contributed by atoms with E-state index in [0.717, 1.165) is 5.56 Å². The van der Waals surface area contributed by atoms with Crippen molar-refractivity contribution in [1.82, 2.24) is 0 Å². The van der Waals surface area contributed by atoms with E-state index in [2.05, 4.69) is 15.9 Å². The largest absolute Gasteiger partial charge is 0.391 e. The maximum Gasteiger partial charge on any atom is 0.0790 e. The van der Waals surface area contributed by atoms with Crippen molar-refractivity contribution in [2.24, 2.45) is 5.73 Å². The number of rotatable bonds is 4. The Morgan fingerprint density at radius 3 is 2.46 bits per heavy atom. The van der Waals surface area contributed by atoms with Gasteiger partial charge in [0.05, 0.1) is 6.10 Å². The monoisotopic (exact) mass is 243 g/mol. The van der Waals surface area contributed by atoms with Gasteiger partial charge >= 0.3 is 0 Å². The van der Waals surface area contributed by atoms with Gasteiger partial charge in [0.25, 0.3) is 0 Å². The molecule has 0 spiro atoms. The summed E-state index contributed by atoms with van der Waals surface area (Å²) >= 11 is 3.20. The summed E-state index contributed by atoms with van der Waals surface area (Å²) in [4.78, 5) is 0. The van der Waals surface area contributed by atoms with Gasteiger partial charge in [-0.15, -0.1) is 0 Å². The Bertz CT molecular complexity index is 240. The lowest BCUT2D eigenvalue weighted by molar-refractivity contribution is 0.169. The van der Waals surface area contributed by atoms with Crippen LogP contribution in [0.3, 0.4) is 0 Å². The number of aliphatic hydroxyl groups is 1. The van der Waals surface area contributed by atoms with E-state index < -0.39 is 6.10 Å². The molecule has 2 atom stereocenters. The Balaban J connectivity index is 2.50. The Morgan fingerprint density at radius 2 is 1.92 bits per heavy atom. The molecule has 0 radical (unpaired) electrons. The molecule has 13 heavy (non-hydrogen) atoms. The molecule has 72 valence electrons. The second-order valence-corrected chi connectivity index (χ2v) is 3.72. The van der Waals surface area contributed by atoms with Crippen molar-refractivity contribution < 1.29 is 5.11 Å². The van der Waals surface area contributed by atoms with Crippen LogP contribution < -0.4 is 5.73 Å². The zero-order valence-electron chi connectivity index (χ0n) is 7.36. The second-order valence-electron chi connectivity index (χ2n) is 3.08. The number of hydrogen-bond acceptors (Lipinski definition) is 2. The van der Waals surface area contributed by atoms with Gasteiger partial charge in [0.15, 0.2) is 0 Å². The van der Waals surface area contributed by atoms with E-state index in [1.165, 1.54) is 0 Å². The summed E-state index contributed by atoms with van der Waals surface area (Å²) in [5, 5.41) is 9.94. The lowest BCUT2D eigenvalue weighted by atomic mass is 10.0. The van der Waals surface area contributed by atoms with Crippen LogP contribution in [0.4, 0.5) is 0 Å². The van der Waals surface area contributed by atoms with Crippen LogP contribution in [0.25, 0.3) is 0 Å². The highest BCUT2D eigenvalue weighted by Gasteiger charge is 2.13. The summed E-state index contributed by atoms with van der Waals surface area (Å²) < 4.78 is 0. The van der Waals surface area contributed by atoms with E-state index in [4.69, 9.17) is 5.73 Å². The van der Waals surface area contributed by atoms with Crippen molar-refractivity contribution in [3.63, 3.8) is 0 Å². The van der Waals surface area contributed by atoms with E-state index in [-0.39, 0.29) is 6.04 Å². The highest BCUT2D eigenvalue weighted by Crippen LogP contribution is 2.05. The third kappa shape index (κ3) is 3.46. The Kier molecular flexibility index (Phi) is 4.42. The van der Waals surface area contributed by atoms with E-state index >= 15 is 0 Å². The Labute approximate surface area is 86.9 Å². The van der Waals surface area contributed by atoms with Gasteiger partial charge in [-0.05, 0) is 12.0 Å². The predicted octanol–water partition coefficient (Wildman–Crippen LogP) is 1.31. The first-order valence-corrected chi connectivity index (χ1v) is 5.39. The molecule has 0 unspecified atom stereocenters. The molecule has 0 aliphatic carbocycles. The molecule has 0 fully saturated rings. The molecule has 0 bridgehead atoms. The predicted molar refractivity (Wildman–Crippen MR) is 57.9 cm³/mol. The zero-order chi connectivity index (χ0) is 9.68. The summed E-state index contributed by atoms with van der Waals surface area (Å²) in [7, 11) is 0. The fraction of sp³-hybridized carbons (Fsp3) is 0.400. The minimum absolute atomic E-state index is 0.193. The molecular weight excluding hydrogens is 230 g/mol. The van der Waals surface area contributed by atoms with Crippen LogP contribution in [0.1, 0.15) is 5.56 Å². The zero-order valence-corrected chi connectivity index (χ0v) is 8.94. The summed E-state index contributed by atoms with van der Waals surface area (Å²) in [5.74, 6) is 0. The van der Waals surface area contributed by atoms with Crippen LogP contribution in [0.5, 0.6) is 0 Å². The summed E-state index contributed by atoms with van der Waals surface area (Å²) in [6.45, 7) is 0. The molecule has 3 heteroatoms. The normalized spacial score (nSPS) is 15.3. The SMILES string of the molecule is N[C@H](Cc1ccccc1)[C@H](O)CBr. The minimum atomic E-state index is -0.472. The number of hydrogen-bond donors (Lipinski definition) is 2. The maximum absolute atomic E-state index is 9.42. The van der Waals surface area contributed by atoms with Gasteiger partial charge in [0, 0.05) is 11.4 Å². The van der Waals surface area contributed by atoms with Crippen molar-refractivity contribution in [2.75, 3.05) is 5.33 Å². The van der Waals surface area contributed by atoms with E-state index in [0.29, 0.717) is 11.8 Å². The number of nitrogens with two attached hydrogens (primary N) is 1. The number of benzene rings is 1. The van der Waals surface area contributed by atoms with Crippen molar-refractivity contribution in [2.45, 2.75) is 18.6 Å². The van der Waals surface area contributed by atoms with Crippen LogP contribution in [0.15, 0.2) is 30.3 Å². The minimum Gasteiger partial charge on any atom is -0.391 e. The molecule has 0 aliphatic rings. The number of aliphatic hydroxyl groups excluding tert-OH is 1. The molecule has 1 aromatic rings. The van der Waals surface area contributed by atoms with Crippen molar-refractivity contribution in [1.29, 1.82) is 0 Å². The van der Waals surface area contributed by atoms with Gasteiger partial charge in [-0.1, -0.05) is 46.3 Å². The van der Waals surface area contributed by atoms with Crippen LogP contribution in [0, 0.1) is 0 Å². The summed E-state index contributed by atoms with van der Waals surface area (Å²) in [6, 6.07) is 9.75. The van der Waals surface area contributed by atoms with Gasteiger partial charge in [-0.25, -0.2) is 0 Å². The molecule has 0 saturated carbocycles. The molecule has 3 N–H and O–H groups in total. The molecule has 1 aromatic carbocycles. The Hall–Kier alpha value is -0.380. The van der Waals surface area contributed by atoms with E-state index in [1.54, 1.807) is 0 Å². The molecule has 0 heterocycles. The number of alkyl halides is 1. The molecule has 0 saturated heterocycles. The highest BCUT2D eigenvalue weighted by molar-refractivity contribution is 9.09. The van der Waals surface area contributed by atoms with E-state index in [1.807, 2.05) is 30.3 Å². The van der Waals surface area contributed by atoms with Crippen LogP contribution in [-0.2, 0) is 6.42 Å². The standard InChI is InChI=1S/C10H14BrNO/c11-7-10(13)9(12)6-8-4-2-1-3-5-8/h1-5,9-10,13H,6-7,12H2/t9-,10-/m1/s1. The van der Waals surface area contributed by atoms with Crippen LogP contribution >= 0.6 is 15.9 Å². The van der Waals surface area contributed by atoms with Gasteiger partial charge < -0.3 is 10.8 Å². The molecule has 2 nitrogen and oxygen atoms in total. The fourth-order valence-corrected chi connectivity index (χ4v) is 1.62. The lowest BCUT2D eigenvalue weighted by Crippen LogP contribution is -2.37. The maximum atomic E-state index is 9.42. The van der Waals surface area contributed by atoms with E-state index in [9.17, 15) is 5.11 Å². The molecular formula is C10H14BrNO. The quantitative estimate of drug-likeness (QED) is 0.784. The topological polar surface area (TPSA) is 46.2 Å². The van der Waals surface area contributed by atoms with Crippen molar-refractivity contribution >= 4 is 15.9 Å². The third-order valence-electron chi connectivity index (χ3n) is 1.97. The average Bonchev–Trinajstić information content (AvgIpc) is 2.18. The molecule has 0 aliphatic heterocycles. The smallest absolute Gasteiger partial charge is 0.0790 e. The Morgan fingerprint density at radius 1 is 1.31 bits per heavy atom. The summed E-state index contributed by atoms with van der Waals surface area (Å²) in [5.41, 5.74) is 6.94. The number of halogens is 1. The molecule has 1 rings (SSSR count).